The molecule has 0 aliphatic rings. The Morgan fingerprint density at radius 1 is 0.516 bits per heavy atom. The third-order valence-electron chi connectivity index (χ3n) is 5.02. The predicted molar refractivity (Wildman–Crippen MR) is 138 cm³/mol. The van der Waals surface area contributed by atoms with E-state index >= 15 is 0 Å². The molecule has 0 saturated carbocycles. The molecule has 0 saturated heterocycles. The van der Waals surface area contributed by atoms with Gasteiger partial charge in [0.2, 0.25) is 0 Å². The molecule has 5 aromatic rings. The first kappa shape index (κ1) is 19.6. The lowest BCUT2D eigenvalue weighted by atomic mass is 10.1. The third kappa shape index (κ3) is 4.53. The summed E-state index contributed by atoms with van der Waals surface area (Å²) in [7, 11) is 0. The van der Waals surface area contributed by atoms with Crippen LogP contribution in [0.4, 0.5) is 17.1 Å². The number of para-hydroxylation sites is 2. The summed E-state index contributed by atoms with van der Waals surface area (Å²) in [6.07, 6.45) is 4.38. The zero-order chi connectivity index (χ0) is 20.9. The van der Waals surface area contributed by atoms with Crippen LogP contribution in [0, 0.1) is 0 Å². The van der Waals surface area contributed by atoms with Gasteiger partial charge in [-0.05, 0) is 77.7 Å². The lowest BCUT2D eigenvalue weighted by molar-refractivity contribution is 1.28. The minimum atomic E-state index is 1.15. The van der Waals surface area contributed by atoms with Gasteiger partial charge in [-0.2, -0.15) is 0 Å². The molecule has 0 N–H and O–H groups in total. The Morgan fingerprint density at radius 3 is 1.74 bits per heavy atom. The molecule has 0 aliphatic carbocycles. The molecular weight excluding hydrogens is 414 g/mol. The first-order valence-corrected chi connectivity index (χ1v) is 11.9. The lowest BCUT2D eigenvalue weighted by Crippen LogP contribution is -2.09. The highest BCUT2D eigenvalue weighted by Crippen LogP contribution is 2.36. The fourth-order valence-electron chi connectivity index (χ4n) is 3.52. The molecule has 3 aromatic carbocycles. The highest BCUT2D eigenvalue weighted by Gasteiger charge is 2.12. The fourth-order valence-corrected chi connectivity index (χ4v) is 5.06. The van der Waals surface area contributed by atoms with Gasteiger partial charge in [0, 0.05) is 31.7 Å². The maximum absolute atomic E-state index is 2.29. The van der Waals surface area contributed by atoms with Crippen molar-refractivity contribution in [1.29, 1.82) is 0 Å². The van der Waals surface area contributed by atoms with Crippen LogP contribution >= 0.6 is 22.7 Å². The zero-order valence-electron chi connectivity index (χ0n) is 16.9. The molecule has 0 bridgehead atoms. The van der Waals surface area contributed by atoms with E-state index in [1.54, 1.807) is 11.3 Å². The second kappa shape index (κ2) is 9.17. The van der Waals surface area contributed by atoms with Crippen molar-refractivity contribution in [2.24, 2.45) is 0 Å². The summed E-state index contributed by atoms with van der Waals surface area (Å²) in [5, 5.41) is 2.11. The van der Waals surface area contributed by atoms with E-state index in [2.05, 4.69) is 132 Å². The van der Waals surface area contributed by atoms with Crippen LogP contribution in [0.25, 0.3) is 22.6 Å². The molecule has 150 valence electrons. The molecule has 0 fully saturated rings. The van der Waals surface area contributed by atoms with Crippen LogP contribution in [0.15, 0.2) is 115 Å². The van der Waals surface area contributed by atoms with Gasteiger partial charge in [0.25, 0.3) is 0 Å². The Hall–Kier alpha value is -3.40. The van der Waals surface area contributed by atoms with E-state index < -0.39 is 0 Å². The van der Waals surface area contributed by atoms with E-state index in [1.807, 2.05) is 11.3 Å². The summed E-state index contributed by atoms with van der Waals surface area (Å²) < 4.78 is 0. The maximum atomic E-state index is 2.29. The van der Waals surface area contributed by atoms with Crippen molar-refractivity contribution >= 4 is 51.9 Å². The summed E-state index contributed by atoms with van der Waals surface area (Å²) >= 11 is 3.58. The standard InChI is InChI=1S/C28H21NS2/c1-3-8-23(9-4-1)29(24-10-5-2-6-11-24)25-15-13-22(14-16-25)28-20-19-27(31-28)18-17-26-12-7-21-30-26/h1-21H/b18-17+. The van der Waals surface area contributed by atoms with Crippen molar-refractivity contribution in [3.8, 4) is 10.4 Å². The molecule has 1 nitrogen and oxygen atoms in total. The Labute approximate surface area is 191 Å². The summed E-state index contributed by atoms with van der Waals surface area (Å²) in [5.41, 5.74) is 4.69. The number of anilines is 3. The first-order valence-electron chi connectivity index (χ1n) is 10.2. The highest BCUT2D eigenvalue weighted by molar-refractivity contribution is 7.16. The second-order valence-corrected chi connectivity index (χ2v) is 9.20. The van der Waals surface area contributed by atoms with Gasteiger partial charge in [-0.1, -0.05) is 54.6 Å². The van der Waals surface area contributed by atoms with Crippen molar-refractivity contribution in [2.45, 2.75) is 0 Å². The van der Waals surface area contributed by atoms with Gasteiger partial charge >= 0.3 is 0 Å². The van der Waals surface area contributed by atoms with Crippen LogP contribution < -0.4 is 4.90 Å². The predicted octanol–water partition coefficient (Wildman–Crippen LogP) is 9.12. The van der Waals surface area contributed by atoms with Crippen LogP contribution in [0.2, 0.25) is 0 Å². The molecule has 0 atom stereocenters. The summed E-state index contributed by atoms with van der Waals surface area (Å²) in [5.74, 6) is 0. The topological polar surface area (TPSA) is 3.24 Å². The fraction of sp³-hybridized carbons (Fsp3) is 0. The number of benzene rings is 3. The van der Waals surface area contributed by atoms with E-state index in [9.17, 15) is 0 Å². The van der Waals surface area contributed by atoms with Crippen LogP contribution in [0.1, 0.15) is 9.75 Å². The van der Waals surface area contributed by atoms with Crippen LogP contribution in [-0.4, -0.2) is 0 Å². The van der Waals surface area contributed by atoms with Gasteiger partial charge in [-0.3, -0.25) is 0 Å². The van der Waals surface area contributed by atoms with Gasteiger partial charge in [-0.25, -0.2) is 0 Å². The van der Waals surface area contributed by atoms with E-state index in [4.69, 9.17) is 0 Å². The Kier molecular flexibility index (Phi) is 5.79. The maximum Gasteiger partial charge on any atom is 0.0462 e. The molecular formula is C28H21NS2. The Balaban J connectivity index is 1.42. The molecule has 0 amide bonds. The average Bonchev–Trinajstić information content (AvgIpc) is 3.52. The van der Waals surface area contributed by atoms with Gasteiger partial charge in [0.15, 0.2) is 0 Å². The summed E-state index contributed by atoms with van der Waals surface area (Å²) in [4.78, 5) is 6.11. The van der Waals surface area contributed by atoms with Gasteiger partial charge < -0.3 is 4.90 Å². The van der Waals surface area contributed by atoms with Gasteiger partial charge in [0.05, 0.1) is 0 Å². The normalized spacial score (nSPS) is 11.1. The SMILES string of the molecule is C(=C\c1ccc(-c2ccc(N(c3ccccc3)c3ccccc3)cc2)s1)/c1cccs1. The summed E-state index contributed by atoms with van der Waals surface area (Å²) in [6.45, 7) is 0. The molecule has 0 unspecified atom stereocenters. The van der Waals surface area contributed by atoms with Crippen molar-refractivity contribution in [1.82, 2.24) is 0 Å². The Bertz CT molecular complexity index is 1210. The lowest BCUT2D eigenvalue weighted by Gasteiger charge is -2.25. The van der Waals surface area contributed by atoms with E-state index in [0.29, 0.717) is 0 Å². The quantitative estimate of drug-likeness (QED) is 0.257. The van der Waals surface area contributed by atoms with Gasteiger partial charge in [-0.15, -0.1) is 22.7 Å². The minimum Gasteiger partial charge on any atom is -0.311 e. The minimum absolute atomic E-state index is 1.15. The monoisotopic (exact) mass is 435 g/mol. The van der Waals surface area contributed by atoms with Crippen LogP contribution in [-0.2, 0) is 0 Å². The van der Waals surface area contributed by atoms with E-state index in [-0.39, 0.29) is 0 Å². The largest absolute Gasteiger partial charge is 0.311 e. The van der Waals surface area contributed by atoms with Crippen LogP contribution in [0.5, 0.6) is 0 Å². The van der Waals surface area contributed by atoms with E-state index in [1.165, 1.54) is 20.2 Å². The number of rotatable bonds is 6. The van der Waals surface area contributed by atoms with E-state index in [0.717, 1.165) is 17.1 Å². The Morgan fingerprint density at radius 2 is 1.13 bits per heavy atom. The van der Waals surface area contributed by atoms with Crippen molar-refractivity contribution < 1.29 is 0 Å². The zero-order valence-corrected chi connectivity index (χ0v) is 18.5. The van der Waals surface area contributed by atoms with Gasteiger partial charge in [0.1, 0.15) is 0 Å². The smallest absolute Gasteiger partial charge is 0.0462 e. The second-order valence-electron chi connectivity index (χ2n) is 7.10. The summed E-state index contributed by atoms with van der Waals surface area (Å²) in [6, 6.07) is 38.5. The molecule has 3 heteroatoms. The number of thiophene rings is 2. The average molecular weight is 436 g/mol. The first-order chi connectivity index (χ1) is 15.4. The highest BCUT2D eigenvalue weighted by atomic mass is 32.1. The molecule has 31 heavy (non-hydrogen) atoms. The molecule has 2 heterocycles. The number of hydrogen-bond donors (Lipinski definition) is 0. The van der Waals surface area contributed by atoms with Crippen molar-refractivity contribution in [3.63, 3.8) is 0 Å². The number of hydrogen-bond acceptors (Lipinski definition) is 3. The molecule has 0 aliphatic heterocycles. The molecule has 2 aromatic heterocycles. The molecule has 5 rings (SSSR count). The van der Waals surface area contributed by atoms with Crippen molar-refractivity contribution in [3.05, 3.63) is 124 Å². The molecule has 0 spiro atoms. The van der Waals surface area contributed by atoms with Crippen molar-refractivity contribution in [2.75, 3.05) is 4.90 Å². The molecule has 0 radical (unpaired) electrons. The third-order valence-corrected chi connectivity index (χ3v) is 6.96. The van der Waals surface area contributed by atoms with Crippen LogP contribution in [0.3, 0.4) is 0 Å². The number of nitrogens with zero attached hydrogens (tertiary/aromatic N) is 1.